The fourth-order valence-electron chi connectivity index (χ4n) is 3.37. The normalized spacial score (nSPS) is 43.1. The second kappa shape index (κ2) is 8.00. The second-order valence-electron chi connectivity index (χ2n) is 6.49. The van der Waals surface area contributed by atoms with Gasteiger partial charge in [0.1, 0.15) is 24.5 Å². The number of carboxylic acid groups (broad SMARTS) is 1. The monoisotopic (exact) mass is 378 g/mol. The summed E-state index contributed by atoms with van der Waals surface area (Å²) in [5.74, 6) is -0.513. The molecule has 0 aliphatic carbocycles. The van der Waals surface area contributed by atoms with Crippen LogP contribution >= 0.6 is 11.8 Å². The molecule has 8 atom stereocenters. The summed E-state index contributed by atoms with van der Waals surface area (Å²) in [5, 5.41) is 39.1. The summed E-state index contributed by atoms with van der Waals surface area (Å²) in [4.78, 5) is 12.6. The molecule has 0 spiro atoms. The molecule has 25 heavy (non-hydrogen) atoms. The standard InChI is InChI=1S/C13H26N6O5S/c14-5(13(22)23)1-25-2-6-8(20)9(21)12(24-6)19-4-18-7-10(15)16-3-17-11(7)19/h5-12,16-18,20-21H,1-4,14-15H2,(H,22,23)/t5-,6+,7?,8+,9+,10?,11?,12+/m0/s1. The number of nitrogens with two attached hydrogens (primary N) is 2. The Bertz CT molecular complexity index is 490. The van der Waals surface area contributed by atoms with E-state index in [1.165, 1.54) is 11.8 Å². The van der Waals surface area contributed by atoms with Crippen LogP contribution in [0.25, 0.3) is 0 Å². The summed E-state index contributed by atoms with van der Waals surface area (Å²) in [6.07, 6.45) is -3.71. The van der Waals surface area contributed by atoms with Crippen LogP contribution in [-0.4, -0.2) is 100.0 Å². The van der Waals surface area contributed by atoms with E-state index in [2.05, 4.69) is 16.0 Å². The molecule has 0 saturated carbocycles. The Morgan fingerprint density at radius 1 is 1.32 bits per heavy atom. The van der Waals surface area contributed by atoms with Crippen LogP contribution in [0.1, 0.15) is 0 Å². The third kappa shape index (κ3) is 3.93. The van der Waals surface area contributed by atoms with Crippen LogP contribution in [0, 0.1) is 0 Å². The first-order chi connectivity index (χ1) is 11.9. The first-order valence-corrected chi connectivity index (χ1v) is 9.35. The summed E-state index contributed by atoms with van der Waals surface area (Å²) >= 11 is 1.28. The lowest BCUT2D eigenvalue weighted by Gasteiger charge is -2.38. The van der Waals surface area contributed by atoms with Gasteiger partial charge in [0.15, 0.2) is 0 Å². The number of rotatable bonds is 6. The van der Waals surface area contributed by atoms with Gasteiger partial charge in [0.25, 0.3) is 0 Å². The number of aliphatic hydroxyl groups is 2. The van der Waals surface area contributed by atoms with Crippen molar-refractivity contribution in [3.05, 3.63) is 0 Å². The molecule has 144 valence electrons. The predicted octanol–water partition coefficient (Wildman–Crippen LogP) is -4.43. The highest BCUT2D eigenvalue weighted by atomic mass is 32.2. The zero-order chi connectivity index (χ0) is 18.1. The Hall–Kier alpha value is -0.540. The Morgan fingerprint density at radius 3 is 2.80 bits per heavy atom. The fourth-order valence-corrected chi connectivity index (χ4v) is 4.42. The molecule has 3 unspecified atom stereocenters. The van der Waals surface area contributed by atoms with Gasteiger partial charge in [-0.3, -0.25) is 20.7 Å². The molecule has 0 radical (unpaired) electrons. The molecule has 0 aromatic rings. The number of hydrogen-bond donors (Lipinski definition) is 8. The van der Waals surface area contributed by atoms with Crippen LogP contribution in [0.4, 0.5) is 0 Å². The van der Waals surface area contributed by atoms with Crippen LogP contribution in [-0.2, 0) is 9.53 Å². The summed E-state index contributed by atoms with van der Waals surface area (Å²) in [5.41, 5.74) is 11.5. The third-order valence-electron chi connectivity index (χ3n) is 4.80. The molecule has 3 aliphatic heterocycles. The van der Waals surface area contributed by atoms with Gasteiger partial charge in [-0.05, 0) is 0 Å². The van der Waals surface area contributed by atoms with E-state index in [1.54, 1.807) is 0 Å². The van der Waals surface area contributed by atoms with Crippen LogP contribution in [0.5, 0.6) is 0 Å². The van der Waals surface area contributed by atoms with Crippen molar-refractivity contribution in [3.63, 3.8) is 0 Å². The van der Waals surface area contributed by atoms with Crippen molar-refractivity contribution in [2.75, 3.05) is 24.8 Å². The maximum absolute atomic E-state index is 10.7. The van der Waals surface area contributed by atoms with Gasteiger partial charge < -0.3 is 31.5 Å². The molecule has 0 bridgehead atoms. The molecule has 10 N–H and O–H groups in total. The van der Waals surface area contributed by atoms with Crippen LogP contribution < -0.4 is 27.4 Å². The van der Waals surface area contributed by atoms with Gasteiger partial charge in [-0.2, -0.15) is 11.8 Å². The molecule has 0 aromatic carbocycles. The first-order valence-electron chi connectivity index (χ1n) is 8.19. The highest BCUT2D eigenvalue weighted by Crippen LogP contribution is 2.29. The first kappa shape index (κ1) is 19.2. The van der Waals surface area contributed by atoms with Crippen LogP contribution in [0.15, 0.2) is 0 Å². The Morgan fingerprint density at radius 2 is 2.08 bits per heavy atom. The number of aliphatic carboxylic acids is 1. The Labute approximate surface area is 149 Å². The van der Waals surface area contributed by atoms with E-state index < -0.39 is 36.6 Å². The minimum Gasteiger partial charge on any atom is -0.480 e. The lowest BCUT2D eigenvalue weighted by atomic mass is 10.1. The van der Waals surface area contributed by atoms with Gasteiger partial charge in [-0.1, -0.05) is 0 Å². The van der Waals surface area contributed by atoms with Gasteiger partial charge in [-0.15, -0.1) is 0 Å². The lowest BCUT2D eigenvalue weighted by Crippen LogP contribution is -2.68. The molecule has 12 heteroatoms. The molecule has 3 rings (SSSR count). The predicted molar refractivity (Wildman–Crippen MR) is 90.1 cm³/mol. The SMILES string of the molecule is NC1NCNC2C1NCN2[C@@H]1O[C@H](CSC[C@H](N)C(=O)O)[C@@H](O)[C@H]1O. The third-order valence-corrected chi connectivity index (χ3v) is 5.96. The van der Waals surface area contributed by atoms with Crippen molar-refractivity contribution in [2.45, 2.75) is 49.0 Å². The van der Waals surface area contributed by atoms with E-state index in [0.717, 1.165) is 0 Å². The number of aliphatic hydroxyl groups excluding tert-OH is 2. The summed E-state index contributed by atoms with van der Waals surface area (Å²) in [7, 11) is 0. The zero-order valence-corrected chi connectivity index (χ0v) is 14.4. The fraction of sp³-hybridized carbons (Fsp3) is 0.923. The quantitative estimate of drug-likeness (QED) is 0.223. The van der Waals surface area contributed by atoms with Crippen molar-refractivity contribution >= 4 is 17.7 Å². The summed E-state index contributed by atoms with van der Waals surface area (Å²) < 4.78 is 5.87. The Balaban J connectivity index is 1.56. The van der Waals surface area contributed by atoms with Gasteiger partial charge in [0, 0.05) is 18.2 Å². The average molecular weight is 378 g/mol. The number of thioether (sulfide) groups is 1. The number of fused-ring (bicyclic) bond motifs is 1. The van der Waals surface area contributed by atoms with E-state index in [0.29, 0.717) is 19.1 Å². The molecule has 11 nitrogen and oxygen atoms in total. The Kier molecular flexibility index (Phi) is 6.15. The lowest BCUT2D eigenvalue weighted by molar-refractivity contribution is -0.137. The van der Waals surface area contributed by atoms with Gasteiger partial charge in [0.2, 0.25) is 0 Å². The van der Waals surface area contributed by atoms with E-state index in [9.17, 15) is 15.0 Å². The average Bonchev–Trinajstić information content (AvgIpc) is 3.12. The van der Waals surface area contributed by atoms with Crippen molar-refractivity contribution in [1.82, 2.24) is 20.9 Å². The van der Waals surface area contributed by atoms with Gasteiger partial charge in [0.05, 0.1) is 31.1 Å². The van der Waals surface area contributed by atoms with Crippen molar-refractivity contribution in [1.29, 1.82) is 0 Å². The molecule has 3 saturated heterocycles. The van der Waals surface area contributed by atoms with Crippen molar-refractivity contribution < 1.29 is 24.9 Å². The maximum Gasteiger partial charge on any atom is 0.321 e. The summed E-state index contributed by atoms with van der Waals surface area (Å²) in [6, 6.07) is -1.00. The minimum atomic E-state index is -1.07. The molecule has 0 amide bonds. The smallest absolute Gasteiger partial charge is 0.321 e. The minimum absolute atomic E-state index is 0.0383. The molecule has 3 aliphatic rings. The molecular weight excluding hydrogens is 352 g/mol. The number of nitrogens with zero attached hydrogens (tertiary/aromatic N) is 1. The molecule has 3 heterocycles. The number of ether oxygens (including phenoxy) is 1. The van der Waals surface area contributed by atoms with Gasteiger partial charge in [-0.25, -0.2) is 4.90 Å². The number of nitrogens with one attached hydrogen (secondary N) is 3. The van der Waals surface area contributed by atoms with E-state index in [4.69, 9.17) is 21.3 Å². The summed E-state index contributed by atoms with van der Waals surface area (Å²) in [6.45, 7) is 1.01. The second-order valence-corrected chi connectivity index (χ2v) is 7.56. The number of carboxylic acids is 1. The number of hydrogen-bond acceptors (Lipinski definition) is 11. The zero-order valence-electron chi connectivity index (χ0n) is 13.6. The maximum atomic E-state index is 10.7. The van der Waals surface area contributed by atoms with E-state index in [-0.39, 0.29) is 24.1 Å². The number of carbonyl (C=O) groups is 1. The van der Waals surface area contributed by atoms with Crippen LogP contribution in [0.3, 0.4) is 0 Å². The molecular formula is C13H26N6O5S. The highest BCUT2D eigenvalue weighted by Gasteiger charge is 2.51. The van der Waals surface area contributed by atoms with Gasteiger partial charge >= 0.3 is 5.97 Å². The van der Waals surface area contributed by atoms with E-state index >= 15 is 0 Å². The topological polar surface area (TPSA) is 178 Å². The van der Waals surface area contributed by atoms with Crippen LogP contribution in [0.2, 0.25) is 0 Å². The van der Waals surface area contributed by atoms with E-state index in [1.807, 2.05) is 4.90 Å². The molecule has 3 fully saturated rings. The van der Waals surface area contributed by atoms with Crippen molar-refractivity contribution in [3.8, 4) is 0 Å². The largest absolute Gasteiger partial charge is 0.480 e. The molecule has 0 aromatic heterocycles. The van der Waals surface area contributed by atoms with Crippen molar-refractivity contribution in [2.24, 2.45) is 11.5 Å². The highest BCUT2D eigenvalue weighted by molar-refractivity contribution is 7.99.